The highest BCUT2D eigenvalue weighted by atomic mass is 19.1. The molecule has 2 amide bonds. The minimum absolute atomic E-state index is 0.00226. The zero-order chi connectivity index (χ0) is 22.8. The molecule has 0 saturated carbocycles. The minimum atomic E-state index is -0.669. The molecule has 31 heavy (non-hydrogen) atoms. The molecule has 2 aromatic rings. The van der Waals surface area contributed by atoms with E-state index < -0.39 is 17.8 Å². The summed E-state index contributed by atoms with van der Waals surface area (Å²) in [4.78, 5) is 27.4. The van der Waals surface area contributed by atoms with Gasteiger partial charge >= 0.3 is 0 Å². The number of amides is 2. The van der Waals surface area contributed by atoms with Gasteiger partial charge in [0.05, 0.1) is 7.11 Å². The Balaban J connectivity index is 2.20. The second-order valence-electron chi connectivity index (χ2n) is 7.65. The number of methoxy groups -OCH3 is 1. The van der Waals surface area contributed by atoms with Crippen LogP contribution in [0.4, 0.5) is 4.39 Å². The van der Waals surface area contributed by atoms with Crippen LogP contribution in [0.3, 0.4) is 0 Å². The predicted octanol–water partition coefficient (Wildman–Crippen LogP) is 3.79. The molecule has 0 bridgehead atoms. The number of carbonyl (C=O) groups excluding carboxylic acids is 2. The van der Waals surface area contributed by atoms with Crippen LogP contribution in [0.2, 0.25) is 0 Å². The van der Waals surface area contributed by atoms with Crippen LogP contribution < -0.4 is 14.8 Å². The standard InChI is InChI=1S/C24H31FN2O4/c1-5-21(24(29)26-14-17(2)3)27(15-18-10-12-19(30-4)13-11-18)23(28)16-31-22-9-7-6-8-20(22)25/h6-13,17,21H,5,14-16H2,1-4H3,(H,26,29)/t21-/m1/s1. The molecule has 1 atom stereocenters. The van der Waals surface area contributed by atoms with Crippen LogP contribution in [-0.4, -0.2) is 43.0 Å². The van der Waals surface area contributed by atoms with Crippen molar-refractivity contribution in [3.63, 3.8) is 0 Å². The Morgan fingerprint density at radius 2 is 1.77 bits per heavy atom. The van der Waals surface area contributed by atoms with Gasteiger partial charge in [-0.25, -0.2) is 4.39 Å². The third-order valence-corrected chi connectivity index (χ3v) is 4.77. The van der Waals surface area contributed by atoms with Crippen LogP contribution in [0.1, 0.15) is 32.8 Å². The van der Waals surface area contributed by atoms with Gasteiger partial charge in [0.15, 0.2) is 18.2 Å². The van der Waals surface area contributed by atoms with Crippen molar-refractivity contribution >= 4 is 11.8 Å². The summed E-state index contributed by atoms with van der Waals surface area (Å²) in [5.74, 6) is -0.173. The molecule has 0 unspecified atom stereocenters. The summed E-state index contributed by atoms with van der Waals surface area (Å²) in [6.45, 7) is 6.23. The van der Waals surface area contributed by atoms with Crippen molar-refractivity contribution in [2.75, 3.05) is 20.3 Å². The van der Waals surface area contributed by atoms with Crippen molar-refractivity contribution in [1.82, 2.24) is 10.2 Å². The molecule has 0 aromatic heterocycles. The first kappa shape index (κ1) is 24.2. The average molecular weight is 431 g/mol. The fraction of sp³-hybridized carbons (Fsp3) is 0.417. The van der Waals surface area contributed by atoms with E-state index in [4.69, 9.17) is 9.47 Å². The normalized spacial score (nSPS) is 11.7. The van der Waals surface area contributed by atoms with Gasteiger partial charge in [0.2, 0.25) is 5.91 Å². The van der Waals surface area contributed by atoms with Gasteiger partial charge in [-0.3, -0.25) is 9.59 Å². The number of para-hydroxylation sites is 1. The molecular formula is C24H31FN2O4. The second kappa shape index (κ2) is 11.9. The van der Waals surface area contributed by atoms with Crippen LogP contribution >= 0.6 is 0 Å². The lowest BCUT2D eigenvalue weighted by Gasteiger charge is -2.31. The Morgan fingerprint density at radius 3 is 2.35 bits per heavy atom. The maximum atomic E-state index is 13.9. The molecule has 168 valence electrons. The SMILES string of the molecule is CC[C@H](C(=O)NCC(C)C)N(Cc1ccc(OC)cc1)C(=O)COc1ccccc1F. The lowest BCUT2D eigenvalue weighted by Crippen LogP contribution is -2.50. The topological polar surface area (TPSA) is 67.9 Å². The quantitative estimate of drug-likeness (QED) is 0.589. The Hall–Kier alpha value is -3.09. The van der Waals surface area contributed by atoms with Crippen molar-refractivity contribution < 1.29 is 23.5 Å². The van der Waals surface area contributed by atoms with Crippen molar-refractivity contribution in [2.45, 2.75) is 39.8 Å². The van der Waals surface area contributed by atoms with E-state index in [1.807, 2.05) is 32.9 Å². The maximum absolute atomic E-state index is 13.9. The van der Waals surface area contributed by atoms with Gasteiger partial charge in [-0.05, 0) is 42.2 Å². The number of hydrogen-bond donors (Lipinski definition) is 1. The van der Waals surface area contributed by atoms with Gasteiger partial charge in [0.1, 0.15) is 11.8 Å². The molecule has 0 saturated heterocycles. The van der Waals surface area contributed by atoms with Gasteiger partial charge < -0.3 is 19.7 Å². The Bertz CT molecular complexity index is 855. The molecule has 1 N–H and O–H groups in total. The summed E-state index contributed by atoms with van der Waals surface area (Å²) in [7, 11) is 1.58. The number of nitrogens with one attached hydrogen (secondary N) is 1. The summed E-state index contributed by atoms with van der Waals surface area (Å²) in [5, 5.41) is 2.90. The van der Waals surface area contributed by atoms with Crippen LogP contribution in [0.5, 0.6) is 11.5 Å². The van der Waals surface area contributed by atoms with Gasteiger partial charge in [-0.1, -0.05) is 45.0 Å². The lowest BCUT2D eigenvalue weighted by atomic mass is 10.1. The summed E-state index contributed by atoms with van der Waals surface area (Å²) in [6.07, 6.45) is 0.436. The molecule has 0 aliphatic heterocycles. The highest BCUT2D eigenvalue weighted by Gasteiger charge is 2.29. The second-order valence-corrected chi connectivity index (χ2v) is 7.65. The van der Waals surface area contributed by atoms with Crippen LogP contribution in [0, 0.1) is 11.7 Å². The molecule has 2 rings (SSSR count). The van der Waals surface area contributed by atoms with E-state index in [2.05, 4.69) is 5.32 Å². The summed E-state index contributed by atoms with van der Waals surface area (Å²) >= 11 is 0. The summed E-state index contributed by atoms with van der Waals surface area (Å²) < 4.78 is 24.5. The first-order chi connectivity index (χ1) is 14.8. The smallest absolute Gasteiger partial charge is 0.261 e. The van der Waals surface area contributed by atoms with Crippen molar-refractivity contribution in [3.8, 4) is 11.5 Å². The third kappa shape index (κ3) is 7.27. The van der Waals surface area contributed by atoms with Crippen molar-refractivity contribution in [2.24, 2.45) is 5.92 Å². The fourth-order valence-corrected chi connectivity index (χ4v) is 3.05. The van der Waals surface area contributed by atoms with E-state index in [1.165, 1.54) is 17.0 Å². The highest BCUT2D eigenvalue weighted by molar-refractivity contribution is 5.88. The zero-order valence-electron chi connectivity index (χ0n) is 18.6. The van der Waals surface area contributed by atoms with E-state index in [9.17, 15) is 14.0 Å². The molecule has 0 radical (unpaired) electrons. The number of halogens is 1. The van der Waals surface area contributed by atoms with Crippen LogP contribution in [-0.2, 0) is 16.1 Å². The van der Waals surface area contributed by atoms with Crippen molar-refractivity contribution in [3.05, 3.63) is 59.9 Å². The largest absolute Gasteiger partial charge is 0.497 e. The minimum Gasteiger partial charge on any atom is -0.497 e. The van der Waals surface area contributed by atoms with E-state index in [0.29, 0.717) is 18.7 Å². The summed E-state index contributed by atoms with van der Waals surface area (Å²) in [5.41, 5.74) is 0.843. The zero-order valence-corrected chi connectivity index (χ0v) is 18.6. The Kier molecular flexibility index (Phi) is 9.31. The number of carbonyl (C=O) groups is 2. The number of ether oxygens (including phenoxy) is 2. The molecule has 0 spiro atoms. The van der Waals surface area contributed by atoms with Crippen LogP contribution in [0.15, 0.2) is 48.5 Å². The molecule has 6 nitrogen and oxygen atoms in total. The summed E-state index contributed by atoms with van der Waals surface area (Å²) in [6, 6.07) is 12.5. The lowest BCUT2D eigenvalue weighted by molar-refractivity contribution is -0.143. The Morgan fingerprint density at radius 1 is 1.10 bits per heavy atom. The van der Waals surface area contributed by atoms with E-state index in [1.54, 1.807) is 31.4 Å². The Labute approximate surface area is 183 Å². The van der Waals surface area contributed by atoms with E-state index >= 15 is 0 Å². The van der Waals surface area contributed by atoms with Gasteiger partial charge in [0.25, 0.3) is 5.91 Å². The molecular weight excluding hydrogens is 399 g/mol. The van der Waals surface area contributed by atoms with Crippen molar-refractivity contribution in [1.29, 1.82) is 0 Å². The average Bonchev–Trinajstić information content (AvgIpc) is 2.77. The van der Waals surface area contributed by atoms with Gasteiger partial charge in [0, 0.05) is 13.1 Å². The fourth-order valence-electron chi connectivity index (χ4n) is 3.05. The molecule has 0 heterocycles. The maximum Gasteiger partial charge on any atom is 0.261 e. The van der Waals surface area contributed by atoms with Crippen LogP contribution in [0.25, 0.3) is 0 Å². The number of benzene rings is 2. The predicted molar refractivity (Wildman–Crippen MR) is 117 cm³/mol. The van der Waals surface area contributed by atoms with E-state index in [0.717, 1.165) is 5.56 Å². The number of hydrogen-bond acceptors (Lipinski definition) is 4. The third-order valence-electron chi connectivity index (χ3n) is 4.77. The molecule has 7 heteroatoms. The number of nitrogens with zero attached hydrogens (tertiary/aromatic N) is 1. The van der Waals surface area contributed by atoms with Gasteiger partial charge in [-0.15, -0.1) is 0 Å². The first-order valence-corrected chi connectivity index (χ1v) is 10.4. The van der Waals surface area contributed by atoms with Gasteiger partial charge in [-0.2, -0.15) is 0 Å². The van der Waals surface area contributed by atoms with E-state index in [-0.39, 0.29) is 30.7 Å². The molecule has 0 aliphatic rings. The molecule has 2 aromatic carbocycles. The monoisotopic (exact) mass is 430 g/mol. The highest BCUT2D eigenvalue weighted by Crippen LogP contribution is 2.18. The molecule has 0 fully saturated rings. The molecule has 0 aliphatic carbocycles. The number of rotatable bonds is 11. The first-order valence-electron chi connectivity index (χ1n) is 10.4.